The van der Waals surface area contributed by atoms with Gasteiger partial charge in [-0.25, -0.2) is 15.0 Å². The van der Waals surface area contributed by atoms with Crippen LogP contribution in [0.5, 0.6) is 0 Å². The first-order valence-electron chi connectivity index (χ1n) is 10.2. The van der Waals surface area contributed by atoms with E-state index >= 15 is 0 Å². The second kappa shape index (κ2) is 9.17. The standard InChI is InChI=1S/C20H18ClF3N6O4S/c1-11(17-27-10-28-30(17)19-25-5-2-6-26-19)29(9-12-3-4-12)18(31)13-7-14(21)16(20(22,23)24)15(8-13)35(32,33)34/h2,5-8,10-12H,3-4,9H2,1H3,(H,32,33,34). The molecule has 35 heavy (non-hydrogen) atoms. The molecular formula is C20H18ClF3N6O4S. The van der Waals surface area contributed by atoms with Gasteiger partial charge in [0.05, 0.1) is 16.6 Å². The first-order chi connectivity index (χ1) is 16.4. The van der Waals surface area contributed by atoms with Crippen LogP contribution in [0.4, 0.5) is 13.2 Å². The molecule has 1 unspecified atom stereocenters. The van der Waals surface area contributed by atoms with Crippen molar-refractivity contribution < 1.29 is 30.9 Å². The van der Waals surface area contributed by atoms with Gasteiger partial charge in [-0.2, -0.15) is 31.4 Å². The Labute approximate surface area is 202 Å². The maximum absolute atomic E-state index is 13.5. The summed E-state index contributed by atoms with van der Waals surface area (Å²) in [7, 11) is -5.36. The van der Waals surface area contributed by atoms with Crippen molar-refractivity contribution >= 4 is 27.6 Å². The maximum atomic E-state index is 13.5. The van der Waals surface area contributed by atoms with Gasteiger partial charge < -0.3 is 4.90 Å². The van der Waals surface area contributed by atoms with Crippen molar-refractivity contribution in [2.45, 2.75) is 36.9 Å². The van der Waals surface area contributed by atoms with E-state index in [1.807, 2.05) is 0 Å². The Kier molecular flexibility index (Phi) is 6.55. The molecule has 2 heterocycles. The van der Waals surface area contributed by atoms with Crippen molar-refractivity contribution in [3.05, 3.63) is 58.9 Å². The monoisotopic (exact) mass is 530 g/mol. The number of nitrogens with zero attached hydrogens (tertiary/aromatic N) is 6. The van der Waals surface area contributed by atoms with E-state index in [0.717, 1.165) is 18.9 Å². The van der Waals surface area contributed by atoms with Crippen LogP contribution in [-0.2, 0) is 16.3 Å². The lowest BCUT2D eigenvalue weighted by Gasteiger charge is -2.29. The molecule has 1 aromatic carbocycles. The van der Waals surface area contributed by atoms with Crippen molar-refractivity contribution in [3.63, 3.8) is 0 Å². The summed E-state index contributed by atoms with van der Waals surface area (Å²) in [6.07, 6.45) is 0.730. The fraction of sp³-hybridized carbons (Fsp3) is 0.350. The molecule has 1 aliphatic carbocycles. The number of benzene rings is 1. The molecule has 1 N–H and O–H groups in total. The van der Waals surface area contributed by atoms with Crippen molar-refractivity contribution in [1.29, 1.82) is 0 Å². The zero-order valence-corrected chi connectivity index (χ0v) is 19.6. The average molecular weight is 531 g/mol. The number of alkyl halides is 3. The summed E-state index contributed by atoms with van der Waals surface area (Å²) in [5, 5.41) is 3.07. The van der Waals surface area contributed by atoms with E-state index in [1.165, 1.54) is 28.3 Å². The Morgan fingerprint density at radius 1 is 1.26 bits per heavy atom. The van der Waals surface area contributed by atoms with Gasteiger partial charge in [0.1, 0.15) is 11.2 Å². The Morgan fingerprint density at radius 3 is 2.49 bits per heavy atom. The number of aromatic nitrogens is 5. The smallest absolute Gasteiger partial charge is 0.328 e. The molecular weight excluding hydrogens is 513 g/mol. The molecule has 2 aromatic heterocycles. The molecule has 0 bridgehead atoms. The van der Waals surface area contributed by atoms with Gasteiger partial charge in [0.15, 0.2) is 5.82 Å². The van der Waals surface area contributed by atoms with Gasteiger partial charge in [-0.1, -0.05) is 11.6 Å². The molecule has 1 amide bonds. The summed E-state index contributed by atoms with van der Waals surface area (Å²) < 4.78 is 74.6. The van der Waals surface area contributed by atoms with E-state index in [-0.39, 0.29) is 24.2 Å². The van der Waals surface area contributed by atoms with Crippen molar-refractivity contribution in [3.8, 4) is 5.95 Å². The topological polar surface area (TPSA) is 131 Å². The molecule has 0 spiro atoms. The first kappa shape index (κ1) is 25.0. The minimum atomic E-state index is -5.36. The number of carbonyl (C=O) groups excluding carboxylic acids is 1. The predicted molar refractivity (Wildman–Crippen MR) is 115 cm³/mol. The Balaban J connectivity index is 1.78. The van der Waals surface area contributed by atoms with E-state index in [9.17, 15) is 30.9 Å². The number of hydrogen-bond acceptors (Lipinski definition) is 7. The molecule has 0 radical (unpaired) electrons. The summed E-state index contributed by atoms with van der Waals surface area (Å²) in [6.45, 7) is 1.86. The molecule has 3 aromatic rings. The van der Waals surface area contributed by atoms with Crippen LogP contribution >= 0.6 is 11.6 Å². The lowest BCUT2D eigenvalue weighted by Crippen LogP contribution is -2.37. The molecule has 0 saturated heterocycles. The summed E-state index contributed by atoms with van der Waals surface area (Å²) in [5.74, 6) is -0.180. The SMILES string of the molecule is CC(c1ncnn1-c1ncccn1)N(CC1CC1)C(=O)c1cc(Cl)c(C(F)(F)F)c(S(=O)(=O)O)c1. The Bertz CT molecular complexity index is 1360. The second-order valence-electron chi connectivity index (χ2n) is 7.96. The lowest BCUT2D eigenvalue weighted by molar-refractivity contribution is -0.139. The van der Waals surface area contributed by atoms with Crippen molar-refractivity contribution in [2.75, 3.05) is 6.54 Å². The van der Waals surface area contributed by atoms with E-state index < -0.39 is 49.3 Å². The second-order valence-corrected chi connectivity index (χ2v) is 9.76. The molecule has 1 aliphatic rings. The summed E-state index contributed by atoms with van der Waals surface area (Å²) in [5.41, 5.74) is -2.19. The minimum absolute atomic E-state index is 0.150. The van der Waals surface area contributed by atoms with Crippen LogP contribution in [0.3, 0.4) is 0 Å². The first-order valence-corrected chi connectivity index (χ1v) is 12.1. The van der Waals surface area contributed by atoms with Gasteiger partial charge in [-0.15, -0.1) is 0 Å². The number of halogens is 4. The van der Waals surface area contributed by atoms with Gasteiger partial charge in [0.2, 0.25) is 0 Å². The third-order valence-electron chi connectivity index (χ3n) is 5.43. The average Bonchev–Trinajstić information content (AvgIpc) is 3.47. The quantitative estimate of drug-likeness (QED) is 0.458. The van der Waals surface area contributed by atoms with Crippen LogP contribution in [0, 0.1) is 5.92 Å². The van der Waals surface area contributed by atoms with Crippen LogP contribution in [0.1, 0.15) is 47.6 Å². The van der Waals surface area contributed by atoms with Crippen LogP contribution < -0.4 is 0 Å². The van der Waals surface area contributed by atoms with E-state index in [2.05, 4.69) is 20.1 Å². The van der Waals surface area contributed by atoms with Gasteiger partial charge in [0.25, 0.3) is 22.0 Å². The third-order valence-corrected chi connectivity index (χ3v) is 6.61. The van der Waals surface area contributed by atoms with E-state index in [1.54, 1.807) is 13.0 Å². The lowest BCUT2D eigenvalue weighted by atomic mass is 10.1. The highest BCUT2D eigenvalue weighted by molar-refractivity contribution is 7.85. The highest BCUT2D eigenvalue weighted by Crippen LogP contribution is 2.41. The van der Waals surface area contributed by atoms with Crippen LogP contribution in [0.25, 0.3) is 5.95 Å². The molecule has 0 aliphatic heterocycles. The van der Waals surface area contributed by atoms with Gasteiger partial charge in [0, 0.05) is 24.5 Å². The molecule has 1 saturated carbocycles. The van der Waals surface area contributed by atoms with Gasteiger partial charge in [-0.05, 0) is 43.9 Å². The number of rotatable bonds is 7. The van der Waals surface area contributed by atoms with Gasteiger partial charge in [-0.3, -0.25) is 9.35 Å². The highest BCUT2D eigenvalue weighted by atomic mass is 35.5. The number of amides is 1. The van der Waals surface area contributed by atoms with Crippen LogP contribution in [-0.4, -0.2) is 55.1 Å². The normalized spacial score (nSPS) is 15.1. The molecule has 1 atom stereocenters. The fourth-order valence-electron chi connectivity index (χ4n) is 3.57. The summed E-state index contributed by atoms with van der Waals surface area (Å²) in [4.78, 5) is 25.8. The highest BCUT2D eigenvalue weighted by Gasteiger charge is 2.41. The molecule has 10 nitrogen and oxygen atoms in total. The third kappa shape index (κ3) is 5.28. The molecule has 186 valence electrons. The molecule has 1 fully saturated rings. The summed E-state index contributed by atoms with van der Waals surface area (Å²) >= 11 is 5.77. The largest absolute Gasteiger partial charge is 0.419 e. The van der Waals surface area contributed by atoms with E-state index in [4.69, 9.17) is 11.6 Å². The number of carbonyl (C=O) groups is 1. The summed E-state index contributed by atoms with van der Waals surface area (Å²) in [6, 6.07) is 2.06. The van der Waals surface area contributed by atoms with Crippen LogP contribution in [0.2, 0.25) is 5.02 Å². The predicted octanol–water partition coefficient (Wildman–Crippen LogP) is 3.59. The minimum Gasteiger partial charge on any atom is -0.328 e. The van der Waals surface area contributed by atoms with Crippen LogP contribution in [0.15, 0.2) is 41.8 Å². The number of hydrogen-bond donors (Lipinski definition) is 1. The Hall–Kier alpha value is -3.10. The zero-order valence-electron chi connectivity index (χ0n) is 18.0. The molecule has 4 rings (SSSR count). The van der Waals surface area contributed by atoms with E-state index in [0.29, 0.717) is 6.07 Å². The Morgan fingerprint density at radius 2 is 1.91 bits per heavy atom. The zero-order chi connectivity index (χ0) is 25.5. The van der Waals surface area contributed by atoms with Gasteiger partial charge >= 0.3 is 6.18 Å². The van der Waals surface area contributed by atoms with Crippen molar-refractivity contribution in [2.24, 2.45) is 5.92 Å². The maximum Gasteiger partial charge on any atom is 0.419 e. The fourth-order valence-corrected chi connectivity index (χ4v) is 4.72. The molecule has 15 heteroatoms. The van der Waals surface area contributed by atoms with Crippen molar-refractivity contribution in [1.82, 2.24) is 29.6 Å².